The van der Waals surface area contributed by atoms with Gasteiger partial charge in [-0.1, -0.05) is 148 Å². The maximum absolute atomic E-state index is 6.04. The van der Waals surface area contributed by atoms with Crippen molar-refractivity contribution in [3.8, 4) is 0 Å². The molecule has 0 atom stereocenters. The topological polar surface area (TPSA) is 43.4 Å². The van der Waals surface area contributed by atoms with E-state index >= 15 is 0 Å². The first kappa shape index (κ1) is 71.1. The van der Waals surface area contributed by atoms with Gasteiger partial charge in [0.2, 0.25) is 0 Å². The minimum atomic E-state index is -0.0648. The molecule has 82 heavy (non-hydrogen) atoms. The number of anilines is 6. The van der Waals surface area contributed by atoms with E-state index in [2.05, 4.69) is 185 Å². The number of ether oxygens (including phenoxy) is 4. The molecule has 3 aliphatic rings. The monoisotopic (exact) mass is 1590 g/mol. The number of nitrogens with zero attached hydrogens (tertiary/aromatic N) is 2. The summed E-state index contributed by atoms with van der Waals surface area (Å²) in [6.07, 6.45) is 22.7. The molecule has 0 spiro atoms. The van der Waals surface area contributed by atoms with E-state index < -0.39 is 0 Å². The van der Waals surface area contributed by atoms with Crippen molar-refractivity contribution in [1.29, 1.82) is 0 Å². The third-order valence-corrected chi connectivity index (χ3v) is 17.5. The molecule has 9 rings (SSSR count). The fraction of sp³-hybridized carbons (Fsp3) is 0.500. The number of hydrogen-bond acceptors (Lipinski definition) is 6. The van der Waals surface area contributed by atoms with Crippen LogP contribution in [-0.4, -0.2) is 52.9 Å². The van der Waals surface area contributed by atoms with Crippen LogP contribution < -0.4 is 9.80 Å². The standard InChI is InChI=1S/C72H90N2O4.2W.2Y/c1-7-70(52-77-53-70)50-75-42-20-13-9-11-16-22-60-24-32-64(33-25-60)73(68-46-56(3)44-57(4)47-68)66-36-28-62(29-37-66)72(40-18-15-19-41-72)63-30-38-67(39-31-63)74(69-48-58(5)45-59(6)49-69)65-34-26-61(27-35-65)23-17-12-10-14-21-43-76-51-71(8-2)54-78-55-71;;;;/h24-39,46,48H,7-23,40-43,50-55H2,1-6H3;;;;/q-4;;;;. The normalized spacial score (nSPS) is 15.5. The summed E-state index contributed by atoms with van der Waals surface area (Å²) >= 11 is 0. The molecule has 0 unspecified atom stereocenters. The fourth-order valence-corrected chi connectivity index (χ4v) is 12.3. The molecule has 434 valence electrons. The number of aryl methyl sites for hydroxylation is 6. The van der Waals surface area contributed by atoms with Crippen LogP contribution in [0.15, 0.2) is 109 Å². The van der Waals surface area contributed by atoms with Gasteiger partial charge in [0.15, 0.2) is 0 Å². The van der Waals surface area contributed by atoms with E-state index in [1.807, 2.05) is 0 Å². The molecule has 0 amide bonds. The van der Waals surface area contributed by atoms with E-state index in [1.54, 1.807) is 0 Å². The van der Waals surface area contributed by atoms with Crippen LogP contribution in [0.3, 0.4) is 0 Å². The van der Waals surface area contributed by atoms with Gasteiger partial charge in [-0.05, 0) is 135 Å². The van der Waals surface area contributed by atoms with Crippen LogP contribution in [0, 0.1) is 62.8 Å². The maximum atomic E-state index is 6.04. The van der Waals surface area contributed by atoms with E-state index in [9.17, 15) is 0 Å². The Morgan fingerprint density at radius 2 is 0.780 bits per heavy atom. The van der Waals surface area contributed by atoms with E-state index in [-0.39, 0.29) is 124 Å². The Morgan fingerprint density at radius 3 is 1.11 bits per heavy atom. The summed E-state index contributed by atoms with van der Waals surface area (Å²) in [6, 6.07) is 56.3. The first-order chi connectivity index (χ1) is 38.1. The van der Waals surface area contributed by atoms with Crippen LogP contribution in [0.25, 0.3) is 0 Å². The van der Waals surface area contributed by atoms with Gasteiger partial charge in [0.25, 0.3) is 0 Å². The van der Waals surface area contributed by atoms with Crippen molar-refractivity contribution in [2.75, 3.05) is 62.7 Å². The van der Waals surface area contributed by atoms with Crippen LogP contribution in [0.5, 0.6) is 0 Å². The fourth-order valence-electron chi connectivity index (χ4n) is 12.3. The number of rotatable bonds is 30. The van der Waals surface area contributed by atoms with Crippen molar-refractivity contribution in [3.05, 3.63) is 178 Å². The predicted molar refractivity (Wildman–Crippen MR) is 323 cm³/mol. The average molecular weight is 1590 g/mol. The van der Waals surface area contributed by atoms with Gasteiger partial charge in [0, 0.05) is 160 Å². The third-order valence-electron chi connectivity index (χ3n) is 17.5. The molecule has 3 fully saturated rings. The molecule has 2 saturated heterocycles. The van der Waals surface area contributed by atoms with Gasteiger partial charge in [-0.15, -0.1) is 0 Å². The molecule has 0 aromatic heterocycles. The Kier molecular flexibility index (Phi) is 30.7. The van der Waals surface area contributed by atoms with Crippen molar-refractivity contribution in [2.24, 2.45) is 10.8 Å². The molecule has 2 heterocycles. The molecule has 1 aliphatic carbocycles. The summed E-state index contributed by atoms with van der Waals surface area (Å²) in [6.45, 7) is 19.8. The summed E-state index contributed by atoms with van der Waals surface area (Å²) in [7, 11) is 0. The number of unbranched alkanes of at least 4 members (excludes halogenated alkanes) is 8. The summed E-state index contributed by atoms with van der Waals surface area (Å²) in [5.74, 6) is 0. The van der Waals surface area contributed by atoms with Gasteiger partial charge in [-0.25, -0.2) is 0 Å². The predicted octanol–water partition coefficient (Wildman–Crippen LogP) is 18.2. The summed E-state index contributed by atoms with van der Waals surface area (Å²) in [5.41, 5.74) is 17.0. The molecule has 1 saturated carbocycles. The Bertz CT molecular complexity index is 2540. The molecule has 6 aromatic carbocycles. The van der Waals surface area contributed by atoms with Crippen molar-refractivity contribution in [2.45, 2.75) is 169 Å². The van der Waals surface area contributed by atoms with Gasteiger partial charge < -0.3 is 53.0 Å². The van der Waals surface area contributed by atoms with Crippen LogP contribution in [-0.2, 0) is 145 Å². The molecule has 2 aliphatic heterocycles. The van der Waals surface area contributed by atoms with E-state index in [4.69, 9.17) is 18.9 Å². The number of hydrogen-bond donors (Lipinski definition) is 0. The zero-order valence-electron chi connectivity index (χ0n) is 50.5. The van der Waals surface area contributed by atoms with Gasteiger partial charge >= 0.3 is 0 Å². The van der Waals surface area contributed by atoms with Gasteiger partial charge in [-0.2, -0.15) is 11.4 Å². The third kappa shape index (κ3) is 19.2. The zero-order chi connectivity index (χ0) is 54.2. The van der Waals surface area contributed by atoms with Crippen molar-refractivity contribution >= 4 is 34.1 Å². The quantitative estimate of drug-likeness (QED) is 0.0331. The van der Waals surface area contributed by atoms with Crippen LogP contribution in [0.4, 0.5) is 34.1 Å². The second kappa shape index (κ2) is 35.4. The van der Waals surface area contributed by atoms with Crippen molar-refractivity contribution in [3.63, 3.8) is 0 Å². The van der Waals surface area contributed by atoms with Crippen molar-refractivity contribution in [1.82, 2.24) is 0 Å². The zero-order valence-corrected chi connectivity index (χ0v) is 62.0. The van der Waals surface area contributed by atoms with Gasteiger partial charge in [0.05, 0.1) is 39.6 Å². The van der Waals surface area contributed by atoms with Gasteiger partial charge in [0.1, 0.15) is 0 Å². The summed E-state index contributed by atoms with van der Waals surface area (Å²) in [4.78, 5) is 4.76. The average Bonchev–Trinajstić information content (AvgIpc) is 3.53. The second-order valence-corrected chi connectivity index (χ2v) is 23.7. The molecule has 0 bridgehead atoms. The van der Waals surface area contributed by atoms with Crippen LogP contribution >= 0.6 is 0 Å². The second-order valence-electron chi connectivity index (χ2n) is 23.7. The first-order valence-electron chi connectivity index (χ1n) is 30.2. The summed E-state index contributed by atoms with van der Waals surface area (Å²) in [5, 5.41) is 0. The van der Waals surface area contributed by atoms with E-state index in [1.165, 1.54) is 92.9 Å². The molecule has 2 radical (unpaired) electrons. The Labute approximate surface area is 574 Å². The van der Waals surface area contributed by atoms with Gasteiger partial charge in [-0.3, -0.25) is 34.4 Å². The molecule has 10 heteroatoms. The molecular formula is C72H90N2O4W2Y2-4. The molecular weight excluding hydrogens is 1500 g/mol. The Morgan fingerprint density at radius 1 is 0.439 bits per heavy atom. The Hall–Kier alpha value is -1.66. The molecule has 6 aromatic rings. The smallest absolute Gasteiger partial charge is 0.0566 e. The van der Waals surface area contributed by atoms with E-state index in [0.29, 0.717) is 0 Å². The largest absolute Gasteiger partial charge is 0.381 e. The van der Waals surface area contributed by atoms with E-state index in [0.717, 1.165) is 161 Å². The number of benzene rings is 6. The maximum Gasteiger partial charge on any atom is 0.0566 e. The van der Waals surface area contributed by atoms with Crippen LogP contribution in [0.2, 0.25) is 0 Å². The first-order valence-corrected chi connectivity index (χ1v) is 30.2. The summed E-state index contributed by atoms with van der Waals surface area (Å²) < 4.78 is 23.0. The van der Waals surface area contributed by atoms with Crippen LogP contribution in [0.1, 0.15) is 168 Å². The van der Waals surface area contributed by atoms with Crippen molar-refractivity contribution < 1.29 is 126 Å². The molecule has 6 nitrogen and oxygen atoms in total. The molecule has 0 N–H and O–H groups in total. The minimum absolute atomic E-state index is 0. The SMILES string of the molecule is CCC1(COCCCCCCCc2ccc(N(c3[c-]c(C)[c-]c(C)c3)c3ccc(C4(c5ccc(N(c6[c-]c(C)[c-]c(C)c6)c6ccc(CCCCCCCOCC7(CC)COC7)cc6)cc5)CCCCC4)cc3)cc2)COC1.[W].[W].[Y].[Y]. The Balaban J connectivity index is 0.00000308. The minimum Gasteiger partial charge on any atom is -0.381 e.